The van der Waals surface area contributed by atoms with E-state index in [1.165, 1.54) is 44.1 Å². The summed E-state index contributed by atoms with van der Waals surface area (Å²) in [6.45, 7) is 0. The molecule has 2 aromatic heterocycles. The van der Waals surface area contributed by atoms with E-state index in [1.807, 2.05) is 36.4 Å². The third kappa shape index (κ3) is 6.96. The third-order valence-corrected chi connectivity index (χ3v) is 11.5. The third-order valence-electron chi connectivity index (χ3n) is 11.5. The van der Waals surface area contributed by atoms with Crippen LogP contribution in [0.4, 0.5) is 0 Å². The highest BCUT2D eigenvalue weighted by Crippen LogP contribution is 2.37. The molecule has 0 unspecified atom stereocenters. The predicted molar refractivity (Wildman–Crippen MR) is 252 cm³/mol. The molecule has 0 fully saturated rings. The van der Waals surface area contributed by atoms with Crippen LogP contribution in [0.1, 0.15) is 0 Å². The molecule has 11 rings (SSSR count). The molecule has 11 aromatic rings. The van der Waals surface area contributed by atoms with Crippen LogP contribution in [0.25, 0.3) is 106 Å². The van der Waals surface area contributed by atoms with Gasteiger partial charge in [0.1, 0.15) is 0 Å². The number of benzene rings is 9. The van der Waals surface area contributed by atoms with E-state index in [1.54, 1.807) is 0 Å². The molecule has 0 saturated heterocycles. The van der Waals surface area contributed by atoms with E-state index in [0.717, 1.165) is 44.6 Å². The van der Waals surface area contributed by atoms with E-state index >= 15 is 0 Å². The Morgan fingerprint density at radius 1 is 0.230 bits per heavy atom. The summed E-state index contributed by atoms with van der Waals surface area (Å²) in [5, 5.41) is 2.43. The summed E-state index contributed by atoms with van der Waals surface area (Å²) in [7, 11) is 0. The van der Waals surface area contributed by atoms with Gasteiger partial charge in [-0.25, -0.2) is 15.0 Å². The van der Waals surface area contributed by atoms with Crippen molar-refractivity contribution < 1.29 is 0 Å². The Balaban J connectivity index is 0.985. The molecular weight excluding hydrogens is 741 g/mol. The van der Waals surface area contributed by atoms with E-state index in [9.17, 15) is 0 Å². The van der Waals surface area contributed by atoms with Crippen molar-refractivity contribution in [3.63, 3.8) is 0 Å². The summed E-state index contributed by atoms with van der Waals surface area (Å²) in [5.74, 6) is 1.90. The first-order chi connectivity index (χ1) is 30.2. The second-order valence-corrected chi connectivity index (χ2v) is 15.3. The van der Waals surface area contributed by atoms with E-state index in [4.69, 9.17) is 15.0 Å². The van der Waals surface area contributed by atoms with E-state index in [-0.39, 0.29) is 0 Å². The number of hydrogen-bond acceptors (Lipinski definition) is 3. The summed E-state index contributed by atoms with van der Waals surface area (Å²) >= 11 is 0. The van der Waals surface area contributed by atoms with Gasteiger partial charge in [-0.3, -0.25) is 0 Å². The van der Waals surface area contributed by atoms with Gasteiger partial charge in [-0.2, -0.15) is 0 Å². The van der Waals surface area contributed by atoms with Crippen molar-refractivity contribution in [3.8, 4) is 84.4 Å². The SMILES string of the molecule is c1ccc(-c2ccc(-c3cccc(-n4c5ccccc5c5ccc(-c6cccc(-c7nc(-c8ccccc8)nc(-c8ccc(-c9ccccc9)cc8)n7)c6)cc54)c3)cc2)cc1. The van der Waals surface area contributed by atoms with Crippen LogP contribution in [-0.2, 0) is 0 Å². The van der Waals surface area contributed by atoms with Crippen molar-refractivity contribution in [1.29, 1.82) is 0 Å². The number of para-hydroxylation sites is 1. The van der Waals surface area contributed by atoms with Crippen LogP contribution in [0.2, 0.25) is 0 Å². The topological polar surface area (TPSA) is 43.6 Å². The molecule has 0 aliphatic carbocycles. The predicted octanol–water partition coefficient (Wildman–Crippen LogP) is 14.6. The summed E-state index contributed by atoms with van der Waals surface area (Å²) in [5.41, 5.74) is 15.5. The highest BCUT2D eigenvalue weighted by atomic mass is 15.0. The molecular formula is C57H38N4. The van der Waals surface area contributed by atoms with Crippen molar-refractivity contribution in [1.82, 2.24) is 19.5 Å². The monoisotopic (exact) mass is 778 g/mol. The van der Waals surface area contributed by atoms with Gasteiger partial charge in [0.25, 0.3) is 0 Å². The molecule has 0 bridgehead atoms. The lowest BCUT2D eigenvalue weighted by molar-refractivity contribution is 1.07. The number of rotatable bonds is 8. The normalized spacial score (nSPS) is 11.3. The zero-order valence-corrected chi connectivity index (χ0v) is 33.2. The molecule has 4 nitrogen and oxygen atoms in total. The van der Waals surface area contributed by atoms with Crippen molar-refractivity contribution in [2.75, 3.05) is 0 Å². The Hall–Kier alpha value is -8.21. The van der Waals surface area contributed by atoms with Crippen molar-refractivity contribution in [2.24, 2.45) is 0 Å². The molecule has 0 radical (unpaired) electrons. The minimum Gasteiger partial charge on any atom is -0.309 e. The number of hydrogen-bond donors (Lipinski definition) is 0. The maximum absolute atomic E-state index is 5.10. The van der Waals surface area contributed by atoms with Crippen LogP contribution >= 0.6 is 0 Å². The first-order valence-electron chi connectivity index (χ1n) is 20.6. The fourth-order valence-corrected chi connectivity index (χ4v) is 8.37. The van der Waals surface area contributed by atoms with Crippen LogP contribution in [0.3, 0.4) is 0 Å². The average molecular weight is 779 g/mol. The van der Waals surface area contributed by atoms with Gasteiger partial charge in [-0.1, -0.05) is 200 Å². The number of aromatic nitrogens is 4. The molecule has 286 valence electrons. The van der Waals surface area contributed by atoms with Gasteiger partial charge in [-0.15, -0.1) is 0 Å². The summed E-state index contributed by atoms with van der Waals surface area (Å²) in [6, 6.07) is 81.3. The Morgan fingerprint density at radius 2 is 0.607 bits per heavy atom. The molecule has 9 aromatic carbocycles. The molecule has 0 spiro atoms. The van der Waals surface area contributed by atoms with Crippen molar-refractivity contribution in [3.05, 3.63) is 231 Å². The zero-order valence-electron chi connectivity index (χ0n) is 33.2. The van der Waals surface area contributed by atoms with Gasteiger partial charge >= 0.3 is 0 Å². The van der Waals surface area contributed by atoms with Crippen LogP contribution in [0, 0.1) is 0 Å². The summed E-state index contributed by atoms with van der Waals surface area (Å²) in [4.78, 5) is 15.1. The quantitative estimate of drug-likeness (QED) is 0.154. The lowest BCUT2D eigenvalue weighted by Crippen LogP contribution is -2.00. The summed E-state index contributed by atoms with van der Waals surface area (Å²) < 4.78 is 2.40. The van der Waals surface area contributed by atoms with Crippen molar-refractivity contribution >= 4 is 21.8 Å². The molecule has 0 amide bonds. The van der Waals surface area contributed by atoms with E-state index in [0.29, 0.717) is 17.5 Å². The second kappa shape index (κ2) is 15.5. The zero-order chi connectivity index (χ0) is 40.5. The van der Waals surface area contributed by atoms with E-state index < -0.39 is 0 Å². The highest BCUT2D eigenvalue weighted by molar-refractivity contribution is 6.10. The Morgan fingerprint density at radius 3 is 1.23 bits per heavy atom. The Bertz CT molecular complexity index is 3320. The second-order valence-electron chi connectivity index (χ2n) is 15.3. The minimum absolute atomic E-state index is 0.627. The molecule has 0 aliphatic rings. The van der Waals surface area contributed by atoms with Gasteiger partial charge in [0.05, 0.1) is 11.0 Å². The first-order valence-corrected chi connectivity index (χ1v) is 20.6. The summed E-state index contributed by atoms with van der Waals surface area (Å²) in [6.07, 6.45) is 0. The number of fused-ring (bicyclic) bond motifs is 3. The Kier molecular flexibility index (Phi) is 9.14. The molecule has 0 saturated carbocycles. The fraction of sp³-hybridized carbons (Fsp3) is 0. The number of nitrogens with zero attached hydrogens (tertiary/aromatic N) is 4. The van der Waals surface area contributed by atoms with Gasteiger partial charge in [0, 0.05) is 33.2 Å². The van der Waals surface area contributed by atoms with Gasteiger partial charge in [0.2, 0.25) is 0 Å². The van der Waals surface area contributed by atoms with Gasteiger partial charge < -0.3 is 4.57 Å². The first kappa shape index (κ1) is 35.9. The smallest absolute Gasteiger partial charge is 0.164 e. The van der Waals surface area contributed by atoms with Crippen LogP contribution in [0.15, 0.2) is 231 Å². The van der Waals surface area contributed by atoms with Crippen LogP contribution in [0.5, 0.6) is 0 Å². The maximum atomic E-state index is 5.10. The standard InChI is InChI=1S/C57H38N4/c1-4-14-39(15-5-1)41-26-28-43(29-27-41)47-21-13-23-50(37-47)61-53-25-11-10-24-51(53)52-35-34-48(38-54(52)61)46-20-12-22-49(36-46)57-59-55(44-18-8-3-9-19-44)58-56(60-57)45-32-30-42(31-33-45)40-16-6-2-7-17-40/h1-38H. The largest absolute Gasteiger partial charge is 0.309 e. The lowest BCUT2D eigenvalue weighted by atomic mass is 10.00. The molecule has 0 aliphatic heterocycles. The minimum atomic E-state index is 0.627. The highest BCUT2D eigenvalue weighted by Gasteiger charge is 2.16. The molecule has 61 heavy (non-hydrogen) atoms. The Labute approximate surface area is 354 Å². The van der Waals surface area contributed by atoms with E-state index in [2.05, 4.69) is 199 Å². The lowest BCUT2D eigenvalue weighted by Gasteiger charge is -2.12. The van der Waals surface area contributed by atoms with Crippen LogP contribution < -0.4 is 0 Å². The fourth-order valence-electron chi connectivity index (χ4n) is 8.37. The molecule has 0 N–H and O–H groups in total. The van der Waals surface area contributed by atoms with Crippen LogP contribution in [-0.4, -0.2) is 19.5 Å². The van der Waals surface area contributed by atoms with Crippen molar-refractivity contribution in [2.45, 2.75) is 0 Å². The van der Waals surface area contributed by atoms with Gasteiger partial charge in [0.15, 0.2) is 17.5 Å². The maximum Gasteiger partial charge on any atom is 0.164 e. The molecule has 2 heterocycles. The molecule has 0 atom stereocenters. The van der Waals surface area contributed by atoms with Gasteiger partial charge in [-0.05, 0) is 74.8 Å². The average Bonchev–Trinajstić information content (AvgIpc) is 3.68. The molecule has 4 heteroatoms.